The summed E-state index contributed by atoms with van der Waals surface area (Å²) in [5, 5.41) is 27.3. The number of carbonyl (C=O) groups is 1. The molecule has 2 saturated carbocycles. The first-order chi connectivity index (χ1) is 15.9. The molecule has 0 unspecified atom stereocenters. The van der Waals surface area contributed by atoms with E-state index in [0.717, 1.165) is 44.2 Å². The van der Waals surface area contributed by atoms with Crippen molar-refractivity contribution in [1.29, 1.82) is 10.7 Å². The largest absolute Gasteiger partial charge is 0.384 e. The van der Waals surface area contributed by atoms with Crippen LogP contribution in [0.2, 0.25) is 0 Å². The Morgan fingerprint density at radius 1 is 1.30 bits per heavy atom. The zero-order valence-electron chi connectivity index (χ0n) is 19.0. The first-order valence-corrected chi connectivity index (χ1v) is 11.8. The zero-order valence-corrected chi connectivity index (χ0v) is 19.0. The molecule has 1 amide bonds. The number of hydrogen-bond acceptors (Lipinski definition) is 6. The molecule has 3 rings (SSSR count). The number of amidine groups is 1. The third-order valence-corrected chi connectivity index (χ3v) is 6.83. The van der Waals surface area contributed by atoms with E-state index in [1.54, 1.807) is 0 Å². The highest BCUT2D eigenvalue weighted by atomic mass is 19.1. The number of carbonyl (C=O) groups excluding carboxylic acids is 1. The van der Waals surface area contributed by atoms with Crippen LogP contribution in [-0.4, -0.2) is 34.9 Å². The Labute approximate surface area is 194 Å². The summed E-state index contributed by atoms with van der Waals surface area (Å²) in [6, 6.07) is 5.30. The summed E-state index contributed by atoms with van der Waals surface area (Å²) in [6.07, 6.45) is 13.1. The Morgan fingerprint density at radius 2 is 2.03 bits per heavy atom. The van der Waals surface area contributed by atoms with Gasteiger partial charge in [-0.2, -0.15) is 9.65 Å². The van der Waals surface area contributed by atoms with Crippen LogP contribution in [-0.2, 0) is 4.79 Å². The lowest BCUT2D eigenvalue weighted by molar-refractivity contribution is -0.114. The van der Waals surface area contributed by atoms with Gasteiger partial charge in [0.15, 0.2) is 0 Å². The number of rotatable bonds is 9. The molecule has 8 nitrogen and oxygen atoms in total. The van der Waals surface area contributed by atoms with E-state index in [4.69, 9.17) is 11.1 Å². The second-order valence-electron chi connectivity index (χ2n) is 9.24. The number of pyridine rings is 1. The van der Waals surface area contributed by atoms with Crippen molar-refractivity contribution >= 4 is 17.4 Å². The maximum atomic E-state index is 13.3. The van der Waals surface area contributed by atoms with Crippen molar-refractivity contribution in [1.82, 2.24) is 15.6 Å². The van der Waals surface area contributed by atoms with Gasteiger partial charge in [-0.25, -0.2) is 4.98 Å². The molecule has 0 aromatic carbocycles. The van der Waals surface area contributed by atoms with Crippen molar-refractivity contribution in [2.24, 2.45) is 11.7 Å². The van der Waals surface area contributed by atoms with E-state index in [9.17, 15) is 14.4 Å². The van der Waals surface area contributed by atoms with E-state index in [1.165, 1.54) is 50.6 Å². The van der Waals surface area contributed by atoms with Gasteiger partial charge < -0.3 is 21.7 Å². The smallest absolute Gasteiger partial charge is 0.253 e. The van der Waals surface area contributed by atoms with Gasteiger partial charge in [0, 0.05) is 35.7 Å². The highest BCUT2D eigenvalue weighted by Crippen LogP contribution is 2.32. The van der Waals surface area contributed by atoms with Gasteiger partial charge in [-0.3, -0.25) is 10.2 Å². The first kappa shape index (κ1) is 24.6. The van der Waals surface area contributed by atoms with Gasteiger partial charge in [0.05, 0.1) is 18.1 Å². The molecule has 178 valence electrons. The highest BCUT2D eigenvalue weighted by molar-refractivity contribution is 6.23. The summed E-state index contributed by atoms with van der Waals surface area (Å²) >= 11 is 0. The molecular formula is C24H34FN7O. The van der Waals surface area contributed by atoms with Crippen LogP contribution in [0.3, 0.4) is 0 Å². The monoisotopic (exact) mass is 455 g/mol. The van der Waals surface area contributed by atoms with Gasteiger partial charge in [-0.15, -0.1) is 0 Å². The quantitative estimate of drug-likeness (QED) is 0.167. The maximum absolute atomic E-state index is 13.3. The fraction of sp³-hybridized carbons (Fsp3) is 0.583. The molecule has 2 aliphatic carbocycles. The van der Waals surface area contributed by atoms with E-state index < -0.39 is 17.4 Å². The van der Waals surface area contributed by atoms with Crippen LogP contribution >= 0.6 is 0 Å². The van der Waals surface area contributed by atoms with Crippen molar-refractivity contribution < 1.29 is 9.18 Å². The maximum Gasteiger partial charge on any atom is 0.253 e. The number of halogens is 1. The van der Waals surface area contributed by atoms with Crippen molar-refractivity contribution in [2.45, 2.75) is 75.8 Å². The van der Waals surface area contributed by atoms with Crippen LogP contribution in [0.5, 0.6) is 0 Å². The Bertz CT molecular complexity index is 896. The number of nitrogens with zero attached hydrogens (tertiary/aromatic N) is 2. The Hall–Kier alpha value is -2.99. The van der Waals surface area contributed by atoms with E-state index in [-0.39, 0.29) is 17.1 Å². The molecule has 0 saturated heterocycles. The Balaban J connectivity index is 1.59. The van der Waals surface area contributed by atoms with Gasteiger partial charge >= 0.3 is 0 Å². The zero-order chi connectivity index (χ0) is 23.7. The normalized spacial score (nSPS) is 24.0. The van der Waals surface area contributed by atoms with Gasteiger partial charge in [0.1, 0.15) is 5.84 Å². The number of nitrogens with two attached hydrogens (primary N) is 1. The number of anilines is 1. The molecule has 6 N–H and O–H groups in total. The van der Waals surface area contributed by atoms with Crippen molar-refractivity contribution in [3.8, 4) is 6.07 Å². The van der Waals surface area contributed by atoms with Gasteiger partial charge in [0.25, 0.3) is 5.91 Å². The van der Waals surface area contributed by atoms with Gasteiger partial charge in [-0.05, 0) is 57.1 Å². The minimum atomic E-state index is -0.788. The van der Waals surface area contributed by atoms with E-state index in [2.05, 4.69) is 27.0 Å². The van der Waals surface area contributed by atoms with Crippen LogP contribution in [0.1, 0.15) is 64.2 Å². The van der Waals surface area contributed by atoms with E-state index in [1.807, 2.05) is 0 Å². The minimum Gasteiger partial charge on any atom is -0.384 e. The lowest BCUT2D eigenvalue weighted by atomic mass is 9.77. The summed E-state index contributed by atoms with van der Waals surface area (Å²) in [5.74, 6) is -0.964. The summed E-state index contributed by atoms with van der Waals surface area (Å²) in [7, 11) is 0. The molecule has 0 radical (unpaired) electrons. The Morgan fingerprint density at radius 3 is 2.67 bits per heavy atom. The molecule has 9 heteroatoms. The van der Waals surface area contributed by atoms with Crippen LogP contribution < -0.4 is 21.7 Å². The SMILES string of the molecule is N#CCC1(N/C=C(\C(=N)Nc2ccnc(F)c2)C(N)=O)CCC(NCC2CCCCC2)CC1. The van der Waals surface area contributed by atoms with Crippen LogP contribution in [0.25, 0.3) is 0 Å². The number of hydrogen-bond donors (Lipinski definition) is 5. The molecular weight excluding hydrogens is 421 g/mol. The van der Waals surface area contributed by atoms with Crippen molar-refractivity contribution in [3.05, 3.63) is 36.1 Å². The number of nitriles is 1. The van der Waals surface area contributed by atoms with E-state index in [0.29, 0.717) is 12.5 Å². The molecule has 1 aromatic rings. The molecule has 2 aliphatic rings. The molecule has 1 aromatic heterocycles. The fourth-order valence-electron chi connectivity index (χ4n) is 4.81. The van der Waals surface area contributed by atoms with Crippen LogP contribution in [0, 0.1) is 28.6 Å². The number of amides is 1. The number of nitrogens with one attached hydrogen (secondary N) is 4. The topological polar surface area (TPSA) is 140 Å². The lowest BCUT2D eigenvalue weighted by Crippen LogP contribution is -2.49. The predicted octanol–water partition coefficient (Wildman–Crippen LogP) is 3.33. The summed E-state index contributed by atoms with van der Waals surface area (Å²) in [4.78, 5) is 15.5. The summed E-state index contributed by atoms with van der Waals surface area (Å²) < 4.78 is 13.3. The van der Waals surface area contributed by atoms with Crippen LogP contribution in [0.15, 0.2) is 30.1 Å². The highest BCUT2D eigenvalue weighted by Gasteiger charge is 2.35. The van der Waals surface area contributed by atoms with Crippen LogP contribution in [0.4, 0.5) is 10.1 Å². The first-order valence-electron chi connectivity index (χ1n) is 11.8. The molecule has 0 bridgehead atoms. The molecule has 1 heterocycles. The van der Waals surface area contributed by atoms with Gasteiger partial charge in [0.2, 0.25) is 5.95 Å². The van der Waals surface area contributed by atoms with Crippen molar-refractivity contribution in [2.75, 3.05) is 11.9 Å². The fourth-order valence-corrected chi connectivity index (χ4v) is 4.81. The van der Waals surface area contributed by atoms with E-state index >= 15 is 0 Å². The number of aromatic nitrogens is 1. The molecule has 0 atom stereocenters. The second kappa shape index (κ2) is 11.8. The minimum absolute atomic E-state index is 0.0675. The summed E-state index contributed by atoms with van der Waals surface area (Å²) in [5.41, 5.74) is 5.25. The average molecular weight is 456 g/mol. The molecule has 0 aliphatic heterocycles. The second-order valence-corrected chi connectivity index (χ2v) is 9.24. The molecule has 0 spiro atoms. The third kappa shape index (κ3) is 7.26. The van der Waals surface area contributed by atoms with Gasteiger partial charge in [-0.1, -0.05) is 19.3 Å². The average Bonchev–Trinajstić information content (AvgIpc) is 2.79. The molecule has 33 heavy (non-hydrogen) atoms. The lowest BCUT2D eigenvalue weighted by Gasteiger charge is -2.40. The molecule has 2 fully saturated rings. The predicted molar refractivity (Wildman–Crippen MR) is 126 cm³/mol. The third-order valence-electron chi connectivity index (χ3n) is 6.83. The number of primary amides is 1. The summed E-state index contributed by atoms with van der Waals surface area (Å²) in [6.45, 7) is 1.06. The van der Waals surface area contributed by atoms with Crippen molar-refractivity contribution in [3.63, 3.8) is 0 Å². The standard InChI is InChI=1S/C24H34FN7O/c25-21-14-19(8-13-29-21)32-22(27)20(23(28)33)16-31-24(11-12-26)9-6-18(7-10-24)30-15-17-4-2-1-3-5-17/h8,13-14,16-18,30-31H,1-7,9-11,15H2,(H2,28,33)(H2,27,29,32)/b20-16+. The Kier molecular flexibility index (Phi) is 8.78.